The molecule has 21 heavy (non-hydrogen) atoms. The normalized spacial score (nSPS) is 11.2. The van der Waals surface area contributed by atoms with Crippen LogP contribution in [-0.4, -0.2) is 12.4 Å². The average molecular weight is 347 g/mol. The lowest BCUT2D eigenvalue weighted by molar-refractivity contribution is 0.0920. The van der Waals surface area contributed by atoms with Crippen molar-refractivity contribution in [3.63, 3.8) is 0 Å². The van der Waals surface area contributed by atoms with E-state index in [2.05, 4.69) is 36.7 Å². The Morgan fingerprint density at radius 1 is 1.05 bits per heavy atom. The Morgan fingerprint density at radius 2 is 1.67 bits per heavy atom. The number of Topliss-reactive ketones (excluding diaryl/α,β-unsaturated/α-hetero) is 1. The summed E-state index contributed by atoms with van der Waals surface area (Å²) >= 11 is 3.36. The Bertz CT molecular complexity index is 624. The number of halogens is 1. The van der Waals surface area contributed by atoms with Crippen molar-refractivity contribution in [3.8, 4) is 5.75 Å². The van der Waals surface area contributed by atoms with Crippen molar-refractivity contribution in [2.24, 2.45) is 0 Å². The summed E-state index contributed by atoms with van der Waals surface area (Å²) in [6, 6.07) is 15.2. The van der Waals surface area contributed by atoms with Gasteiger partial charge in [-0.15, -0.1) is 0 Å². The van der Waals surface area contributed by atoms with Gasteiger partial charge in [0.25, 0.3) is 0 Å². The molecular weight excluding hydrogens is 328 g/mol. The molecule has 0 spiro atoms. The number of para-hydroxylation sites is 1. The van der Waals surface area contributed by atoms with Gasteiger partial charge in [-0.05, 0) is 29.2 Å². The molecule has 0 radical (unpaired) electrons. The van der Waals surface area contributed by atoms with Crippen LogP contribution in [0.4, 0.5) is 0 Å². The number of rotatable bonds is 4. The molecular formula is C18H19BrO2. The molecule has 0 saturated heterocycles. The van der Waals surface area contributed by atoms with E-state index in [4.69, 9.17) is 4.74 Å². The SMILES string of the molecule is CC(C)(C)c1ccccc1OCC(=O)c1ccc(Br)cc1. The third-order valence-electron chi connectivity index (χ3n) is 3.22. The number of carbonyl (C=O) groups is 1. The monoisotopic (exact) mass is 346 g/mol. The van der Waals surface area contributed by atoms with Crippen LogP contribution >= 0.6 is 15.9 Å². The lowest BCUT2D eigenvalue weighted by Gasteiger charge is -2.22. The molecule has 0 aromatic heterocycles. The summed E-state index contributed by atoms with van der Waals surface area (Å²) in [7, 11) is 0. The van der Waals surface area contributed by atoms with E-state index in [9.17, 15) is 4.79 Å². The molecule has 0 fully saturated rings. The maximum absolute atomic E-state index is 12.1. The largest absolute Gasteiger partial charge is 0.485 e. The topological polar surface area (TPSA) is 26.3 Å². The van der Waals surface area contributed by atoms with Gasteiger partial charge in [0.15, 0.2) is 12.4 Å². The third-order valence-corrected chi connectivity index (χ3v) is 3.75. The molecule has 2 aromatic carbocycles. The molecule has 0 aliphatic carbocycles. The van der Waals surface area contributed by atoms with Gasteiger partial charge >= 0.3 is 0 Å². The fourth-order valence-corrected chi connectivity index (χ4v) is 2.34. The lowest BCUT2D eigenvalue weighted by Crippen LogP contribution is -2.16. The molecule has 2 rings (SSSR count). The molecule has 0 aliphatic heterocycles. The van der Waals surface area contributed by atoms with Crippen LogP contribution in [0.25, 0.3) is 0 Å². The molecule has 0 atom stereocenters. The summed E-state index contributed by atoms with van der Waals surface area (Å²) in [5, 5.41) is 0. The maximum Gasteiger partial charge on any atom is 0.200 e. The second kappa shape index (κ2) is 6.44. The van der Waals surface area contributed by atoms with Crippen molar-refractivity contribution >= 4 is 21.7 Å². The quantitative estimate of drug-likeness (QED) is 0.727. The number of ketones is 1. The Kier molecular flexibility index (Phi) is 4.84. The summed E-state index contributed by atoms with van der Waals surface area (Å²) in [6.45, 7) is 6.44. The number of carbonyl (C=O) groups excluding carboxylic acids is 1. The highest BCUT2D eigenvalue weighted by atomic mass is 79.9. The minimum Gasteiger partial charge on any atom is -0.485 e. The zero-order valence-corrected chi connectivity index (χ0v) is 14.1. The van der Waals surface area contributed by atoms with Crippen LogP contribution in [0.2, 0.25) is 0 Å². The number of benzene rings is 2. The minimum absolute atomic E-state index is 0.0166. The molecule has 2 nitrogen and oxygen atoms in total. The predicted molar refractivity (Wildman–Crippen MR) is 89.1 cm³/mol. The van der Waals surface area contributed by atoms with E-state index >= 15 is 0 Å². The minimum atomic E-state index is -0.0220. The van der Waals surface area contributed by atoms with Gasteiger partial charge in [0.05, 0.1) is 0 Å². The highest BCUT2D eigenvalue weighted by molar-refractivity contribution is 9.10. The predicted octanol–water partition coefficient (Wildman–Crippen LogP) is 5.01. The van der Waals surface area contributed by atoms with Crippen LogP contribution in [-0.2, 0) is 5.41 Å². The first-order chi connectivity index (χ1) is 9.88. The van der Waals surface area contributed by atoms with Crippen molar-refractivity contribution in [1.29, 1.82) is 0 Å². The second-order valence-electron chi connectivity index (χ2n) is 5.96. The van der Waals surface area contributed by atoms with Crippen molar-refractivity contribution in [1.82, 2.24) is 0 Å². The van der Waals surface area contributed by atoms with E-state index < -0.39 is 0 Å². The first kappa shape index (κ1) is 15.8. The van der Waals surface area contributed by atoms with Gasteiger partial charge in [-0.3, -0.25) is 4.79 Å². The highest BCUT2D eigenvalue weighted by Crippen LogP contribution is 2.30. The van der Waals surface area contributed by atoms with E-state index in [-0.39, 0.29) is 17.8 Å². The van der Waals surface area contributed by atoms with E-state index in [0.717, 1.165) is 15.8 Å². The number of ether oxygens (including phenoxy) is 1. The van der Waals surface area contributed by atoms with Gasteiger partial charge < -0.3 is 4.74 Å². The summed E-state index contributed by atoms with van der Waals surface area (Å²) in [5.41, 5.74) is 1.75. The summed E-state index contributed by atoms with van der Waals surface area (Å²) in [5.74, 6) is 0.752. The third kappa shape index (κ3) is 4.18. The van der Waals surface area contributed by atoms with E-state index in [1.165, 1.54) is 0 Å². The molecule has 2 aromatic rings. The van der Waals surface area contributed by atoms with Crippen LogP contribution in [0.5, 0.6) is 5.75 Å². The van der Waals surface area contributed by atoms with E-state index in [0.29, 0.717) is 5.56 Å². The maximum atomic E-state index is 12.1. The Hall–Kier alpha value is -1.61. The van der Waals surface area contributed by atoms with Crippen LogP contribution < -0.4 is 4.74 Å². The second-order valence-corrected chi connectivity index (χ2v) is 6.88. The number of hydrogen-bond donors (Lipinski definition) is 0. The van der Waals surface area contributed by atoms with Gasteiger partial charge in [0, 0.05) is 10.0 Å². The van der Waals surface area contributed by atoms with Gasteiger partial charge in [0.1, 0.15) is 5.75 Å². The molecule has 0 N–H and O–H groups in total. The Balaban J connectivity index is 2.10. The first-order valence-electron chi connectivity index (χ1n) is 6.89. The molecule has 110 valence electrons. The molecule has 0 amide bonds. The number of hydrogen-bond acceptors (Lipinski definition) is 2. The molecule has 0 heterocycles. The Labute approximate surface area is 134 Å². The van der Waals surface area contributed by atoms with Crippen LogP contribution in [0, 0.1) is 0 Å². The highest BCUT2D eigenvalue weighted by Gasteiger charge is 2.19. The molecule has 3 heteroatoms. The van der Waals surface area contributed by atoms with Crippen molar-refractivity contribution in [3.05, 3.63) is 64.1 Å². The van der Waals surface area contributed by atoms with Crippen molar-refractivity contribution in [2.45, 2.75) is 26.2 Å². The van der Waals surface area contributed by atoms with Crippen LogP contribution in [0.1, 0.15) is 36.7 Å². The molecule has 0 saturated carbocycles. The zero-order chi connectivity index (χ0) is 15.5. The summed E-state index contributed by atoms with van der Waals surface area (Å²) in [4.78, 5) is 12.1. The van der Waals surface area contributed by atoms with Crippen LogP contribution in [0.3, 0.4) is 0 Å². The van der Waals surface area contributed by atoms with Crippen LogP contribution in [0.15, 0.2) is 53.0 Å². The van der Waals surface area contributed by atoms with Gasteiger partial charge in [-0.1, -0.05) is 67.0 Å². The van der Waals surface area contributed by atoms with E-state index in [1.807, 2.05) is 36.4 Å². The molecule has 0 bridgehead atoms. The van der Waals surface area contributed by atoms with Crippen molar-refractivity contribution in [2.75, 3.05) is 6.61 Å². The van der Waals surface area contributed by atoms with E-state index in [1.54, 1.807) is 12.1 Å². The lowest BCUT2D eigenvalue weighted by atomic mass is 9.86. The fourth-order valence-electron chi connectivity index (χ4n) is 2.07. The smallest absolute Gasteiger partial charge is 0.200 e. The fraction of sp³-hybridized carbons (Fsp3) is 0.278. The molecule has 0 aliphatic rings. The van der Waals surface area contributed by atoms with Gasteiger partial charge in [-0.25, -0.2) is 0 Å². The Morgan fingerprint density at radius 3 is 2.29 bits per heavy atom. The zero-order valence-electron chi connectivity index (χ0n) is 12.5. The first-order valence-corrected chi connectivity index (χ1v) is 7.68. The molecule has 0 unspecified atom stereocenters. The summed E-state index contributed by atoms with van der Waals surface area (Å²) < 4.78 is 6.71. The van der Waals surface area contributed by atoms with Crippen molar-refractivity contribution < 1.29 is 9.53 Å². The van der Waals surface area contributed by atoms with Gasteiger partial charge in [-0.2, -0.15) is 0 Å². The average Bonchev–Trinajstić information content (AvgIpc) is 2.45. The van der Waals surface area contributed by atoms with Gasteiger partial charge in [0.2, 0.25) is 0 Å². The summed E-state index contributed by atoms with van der Waals surface area (Å²) in [6.07, 6.45) is 0. The standard InChI is InChI=1S/C18H19BrO2/c1-18(2,3)15-6-4-5-7-17(15)21-12-16(20)13-8-10-14(19)11-9-13/h4-11H,12H2,1-3H3.